The number of rotatable bonds is 3. The SMILES string of the molecule is COc1cccc(Cl)c1C(O)c1ccc(C)cc1C. The van der Waals surface area contributed by atoms with Crippen molar-refractivity contribution in [3.63, 3.8) is 0 Å². The number of hydrogen-bond acceptors (Lipinski definition) is 2. The molecule has 2 aromatic rings. The molecule has 0 aromatic heterocycles. The van der Waals surface area contributed by atoms with Gasteiger partial charge in [-0.15, -0.1) is 0 Å². The van der Waals surface area contributed by atoms with Crippen molar-refractivity contribution in [1.82, 2.24) is 0 Å². The predicted octanol–water partition coefficient (Wildman–Crippen LogP) is 4.05. The smallest absolute Gasteiger partial charge is 0.126 e. The van der Waals surface area contributed by atoms with Crippen molar-refractivity contribution in [1.29, 1.82) is 0 Å². The lowest BCUT2D eigenvalue weighted by molar-refractivity contribution is 0.214. The van der Waals surface area contributed by atoms with Gasteiger partial charge in [0.25, 0.3) is 0 Å². The van der Waals surface area contributed by atoms with Gasteiger partial charge in [-0.3, -0.25) is 0 Å². The van der Waals surface area contributed by atoms with Crippen LogP contribution in [0.25, 0.3) is 0 Å². The van der Waals surface area contributed by atoms with Gasteiger partial charge in [-0.1, -0.05) is 41.4 Å². The van der Waals surface area contributed by atoms with E-state index in [2.05, 4.69) is 0 Å². The van der Waals surface area contributed by atoms with Crippen LogP contribution in [-0.2, 0) is 0 Å². The first-order valence-corrected chi connectivity index (χ1v) is 6.50. The Labute approximate surface area is 118 Å². The average molecular weight is 277 g/mol. The first kappa shape index (κ1) is 13.9. The Kier molecular flexibility index (Phi) is 4.13. The van der Waals surface area contributed by atoms with Gasteiger partial charge in [0.15, 0.2) is 0 Å². The van der Waals surface area contributed by atoms with E-state index in [-0.39, 0.29) is 0 Å². The zero-order valence-electron chi connectivity index (χ0n) is 11.3. The lowest BCUT2D eigenvalue weighted by Gasteiger charge is -2.18. The summed E-state index contributed by atoms with van der Waals surface area (Å²) < 4.78 is 5.29. The summed E-state index contributed by atoms with van der Waals surface area (Å²) in [5.74, 6) is 0.597. The van der Waals surface area contributed by atoms with Gasteiger partial charge in [0.1, 0.15) is 11.9 Å². The minimum absolute atomic E-state index is 0.506. The number of aliphatic hydroxyl groups excluding tert-OH is 1. The Balaban J connectivity index is 2.52. The van der Waals surface area contributed by atoms with E-state index in [0.717, 1.165) is 11.1 Å². The van der Waals surface area contributed by atoms with Crippen LogP contribution in [0, 0.1) is 13.8 Å². The summed E-state index contributed by atoms with van der Waals surface area (Å²) in [6.07, 6.45) is -0.788. The maximum atomic E-state index is 10.6. The molecule has 0 radical (unpaired) electrons. The van der Waals surface area contributed by atoms with Gasteiger partial charge in [0, 0.05) is 5.56 Å². The molecule has 1 atom stereocenters. The minimum atomic E-state index is -0.788. The highest BCUT2D eigenvalue weighted by Gasteiger charge is 2.20. The Morgan fingerprint density at radius 1 is 1.16 bits per heavy atom. The fraction of sp³-hybridized carbons (Fsp3) is 0.250. The van der Waals surface area contributed by atoms with Crippen LogP contribution in [0.15, 0.2) is 36.4 Å². The highest BCUT2D eigenvalue weighted by molar-refractivity contribution is 6.31. The number of hydrogen-bond donors (Lipinski definition) is 1. The number of halogens is 1. The van der Waals surface area contributed by atoms with Crippen LogP contribution in [0.2, 0.25) is 5.02 Å². The van der Waals surface area contributed by atoms with E-state index in [4.69, 9.17) is 16.3 Å². The molecule has 0 spiro atoms. The zero-order chi connectivity index (χ0) is 14.0. The van der Waals surface area contributed by atoms with Crippen LogP contribution in [-0.4, -0.2) is 12.2 Å². The molecule has 0 saturated carbocycles. The molecule has 100 valence electrons. The molecule has 1 N–H and O–H groups in total. The van der Waals surface area contributed by atoms with Gasteiger partial charge in [-0.25, -0.2) is 0 Å². The van der Waals surface area contributed by atoms with Crippen molar-refractivity contribution in [2.45, 2.75) is 20.0 Å². The second-order valence-electron chi connectivity index (χ2n) is 4.62. The summed E-state index contributed by atoms with van der Waals surface area (Å²) in [6, 6.07) is 11.3. The van der Waals surface area contributed by atoms with Crippen LogP contribution in [0.1, 0.15) is 28.4 Å². The number of benzene rings is 2. The average Bonchev–Trinajstić information content (AvgIpc) is 2.37. The second-order valence-corrected chi connectivity index (χ2v) is 5.03. The molecule has 0 amide bonds. The number of methoxy groups -OCH3 is 1. The molecule has 0 aliphatic heterocycles. The van der Waals surface area contributed by atoms with Crippen LogP contribution in [0.3, 0.4) is 0 Å². The first-order valence-electron chi connectivity index (χ1n) is 6.12. The Morgan fingerprint density at radius 3 is 2.53 bits per heavy atom. The third-order valence-corrected chi connectivity index (χ3v) is 3.56. The summed E-state index contributed by atoms with van der Waals surface area (Å²) in [4.78, 5) is 0. The minimum Gasteiger partial charge on any atom is -0.496 e. The molecule has 0 heterocycles. The summed E-state index contributed by atoms with van der Waals surface area (Å²) in [7, 11) is 1.57. The van der Waals surface area contributed by atoms with Crippen molar-refractivity contribution in [2.75, 3.05) is 7.11 Å². The van der Waals surface area contributed by atoms with Gasteiger partial charge in [0.05, 0.1) is 12.1 Å². The van der Waals surface area contributed by atoms with E-state index < -0.39 is 6.10 Å². The summed E-state index contributed by atoms with van der Waals surface area (Å²) in [5, 5.41) is 11.1. The highest BCUT2D eigenvalue weighted by Crippen LogP contribution is 2.36. The third kappa shape index (κ3) is 2.75. The predicted molar refractivity (Wildman–Crippen MR) is 78.0 cm³/mol. The van der Waals surface area contributed by atoms with Crippen LogP contribution in [0.5, 0.6) is 5.75 Å². The van der Waals surface area contributed by atoms with Gasteiger partial charge in [0.2, 0.25) is 0 Å². The first-order chi connectivity index (χ1) is 9.04. The summed E-state index contributed by atoms with van der Waals surface area (Å²) in [6.45, 7) is 4.01. The largest absolute Gasteiger partial charge is 0.496 e. The molecule has 2 aromatic carbocycles. The second kappa shape index (κ2) is 5.64. The monoisotopic (exact) mass is 276 g/mol. The fourth-order valence-electron chi connectivity index (χ4n) is 2.25. The molecule has 0 aliphatic rings. The Bertz CT molecular complexity index is 593. The Morgan fingerprint density at radius 2 is 1.89 bits per heavy atom. The van der Waals surface area contributed by atoms with E-state index in [9.17, 15) is 5.11 Å². The molecule has 0 fully saturated rings. The lowest BCUT2D eigenvalue weighted by Crippen LogP contribution is -2.05. The molecule has 2 nitrogen and oxygen atoms in total. The van der Waals surface area contributed by atoms with Crippen LogP contribution in [0.4, 0.5) is 0 Å². The normalized spacial score (nSPS) is 12.3. The molecule has 19 heavy (non-hydrogen) atoms. The van der Waals surface area contributed by atoms with Crippen LogP contribution < -0.4 is 4.74 Å². The molecular formula is C16H17ClO2. The molecule has 1 unspecified atom stereocenters. The highest BCUT2D eigenvalue weighted by atomic mass is 35.5. The topological polar surface area (TPSA) is 29.5 Å². The van der Waals surface area contributed by atoms with E-state index in [1.165, 1.54) is 5.56 Å². The molecular weight excluding hydrogens is 260 g/mol. The van der Waals surface area contributed by atoms with E-state index in [1.54, 1.807) is 25.3 Å². The number of ether oxygens (including phenoxy) is 1. The van der Waals surface area contributed by atoms with E-state index in [1.807, 2.05) is 32.0 Å². The van der Waals surface area contributed by atoms with Crippen molar-refractivity contribution < 1.29 is 9.84 Å². The van der Waals surface area contributed by atoms with Gasteiger partial charge in [-0.2, -0.15) is 0 Å². The molecule has 0 aliphatic carbocycles. The summed E-state index contributed by atoms with van der Waals surface area (Å²) >= 11 is 6.20. The maximum Gasteiger partial charge on any atom is 0.126 e. The van der Waals surface area contributed by atoms with E-state index in [0.29, 0.717) is 16.3 Å². The van der Waals surface area contributed by atoms with E-state index >= 15 is 0 Å². The molecule has 2 rings (SSSR count). The molecule has 0 bridgehead atoms. The van der Waals surface area contributed by atoms with Crippen molar-refractivity contribution >= 4 is 11.6 Å². The standard InChI is InChI=1S/C16H17ClO2/c1-10-7-8-12(11(2)9-10)16(18)15-13(17)5-4-6-14(15)19-3/h4-9,16,18H,1-3H3. The fourth-order valence-corrected chi connectivity index (χ4v) is 2.52. The number of aliphatic hydroxyl groups is 1. The van der Waals surface area contributed by atoms with Gasteiger partial charge < -0.3 is 9.84 Å². The third-order valence-electron chi connectivity index (χ3n) is 3.23. The van der Waals surface area contributed by atoms with Crippen molar-refractivity contribution in [2.24, 2.45) is 0 Å². The van der Waals surface area contributed by atoms with Crippen molar-refractivity contribution in [3.05, 3.63) is 63.7 Å². The quantitative estimate of drug-likeness (QED) is 0.916. The molecule has 0 saturated heterocycles. The summed E-state index contributed by atoms with van der Waals surface area (Å²) in [5.41, 5.74) is 3.66. The van der Waals surface area contributed by atoms with Crippen LogP contribution >= 0.6 is 11.6 Å². The maximum absolute atomic E-state index is 10.6. The van der Waals surface area contributed by atoms with Gasteiger partial charge in [-0.05, 0) is 37.1 Å². The molecule has 3 heteroatoms. The van der Waals surface area contributed by atoms with Crippen molar-refractivity contribution in [3.8, 4) is 5.75 Å². The Hall–Kier alpha value is -1.51. The van der Waals surface area contributed by atoms with Gasteiger partial charge >= 0.3 is 0 Å². The number of aryl methyl sites for hydroxylation is 2. The lowest BCUT2D eigenvalue weighted by atomic mass is 9.95. The zero-order valence-corrected chi connectivity index (χ0v) is 12.0.